The van der Waals surface area contributed by atoms with Gasteiger partial charge < -0.3 is 25.7 Å². The number of carbonyl (C=O) groups is 3. The average Bonchev–Trinajstić information content (AvgIpc) is 3.48. The van der Waals surface area contributed by atoms with Gasteiger partial charge in [0.05, 0.1) is 40.8 Å². The molecule has 4 N–H and O–H groups in total. The summed E-state index contributed by atoms with van der Waals surface area (Å²) < 4.78 is 130. The number of methoxy groups -OCH3 is 1. The molecule has 0 spiro atoms. The van der Waals surface area contributed by atoms with Crippen molar-refractivity contribution in [3.8, 4) is 11.8 Å². The number of nitrogens with one attached hydrogen (secondary N) is 4. The lowest BCUT2D eigenvalue weighted by molar-refractivity contribution is -0.144. The lowest BCUT2D eigenvalue weighted by Crippen LogP contribution is -2.50. The molecule has 1 aliphatic rings. The molecule has 1 aliphatic heterocycles. The van der Waals surface area contributed by atoms with Crippen LogP contribution in [0.25, 0.3) is 10.9 Å². The predicted octanol–water partition coefficient (Wildman–Crippen LogP) is 4.91. The van der Waals surface area contributed by atoms with E-state index in [1.54, 1.807) is 24.9 Å². The summed E-state index contributed by atoms with van der Waals surface area (Å²) >= 11 is 0. The molecule has 18 heteroatoms. The predicted molar refractivity (Wildman–Crippen MR) is 134 cm³/mol. The number of alkyl halides is 9. The van der Waals surface area contributed by atoms with E-state index in [4.69, 9.17) is 0 Å². The highest BCUT2D eigenvalue weighted by atomic mass is 19.4. The first-order valence-corrected chi connectivity index (χ1v) is 13.0. The second-order valence-electron chi connectivity index (χ2n) is 10.5. The van der Waals surface area contributed by atoms with E-state index in [-0.39, 0.29) is 18.7 Å². The second kappa shape index (κ2) is 12.4. The summed E-state index contributed by atoms with van der Waals surface area (Å²) in [5.74, 6) is -5.78. The van der Waals surface area contributed by atoms with Gasteiger partial charge in [-0.15, -0.1) is 0 Å². The highest BCUT2D eigenvalue weighted by molar-refractivity contribution is 6.06. The molecule has 1 aromatic carbocycles. The molecular weight excluding hydrogens is 617 g/mol. The van der Waals surface area contributed by atoms with Gasteiger partial charge in [-0.1, -0.05) is 13.8 Å². The Morgan fingerprint density at radius 3 is 2.11 bits per heavy atom. The van der Waals surface area contributed by atoms with Gasteiger partial charge in [0.25, 0.3) is 5.91 Å². The Hall–Kier alpha value is -4.17. The summed E-state index contributed by atoms with van der Waals surface area (Å²) in [6.45, 7) is 3.49. The van der Waals surface area contributed by atoms with Crippen molar-refractivity contribution in [2.45, 2.75) is 63.7 Å². The van der Waals surface area contributed by atoms with Crippen LogP contribution in [0.3, 0.4) is 0 Å². The van der Waals surface area contributed by atoms with Gasteiger partial charge in [-0.05, 0) is 31.2 Å². The number of rotatable bonds is 9. The number of nitrogens with zero attached hydrogens (tertiary/aromatic N) is 1. The van der Waals surface area contributed by atoms with E-state index in [0.29, 0.717) is 20.1 Å². The van der Waals surface area contributed by atoms with Crippen LogP contribution in [0.4, 0.5) is 39.5 Å². The molecule has 0 aliphatic carbocycles. The number of aromatic amines is 1. The second-order valence-corrected chi connectivity index (χ2v) is 10.5. The number of fused-ring (bicyclic) bond motifs is 1. The zero-order valence-corrected chi connectivity index (χ0v) is 23.2. The molecule has 1 aromatic heterocycles. The summed E-state index contributed by atoms with van der Waals surface area (Å²) in [6, 6.07) is -1.54. The molecule has 3 amide bonds. The molecule has 0 bridgehead atoms. The van der Waals surface area contributed by atoms with Gasteiger partial charge in [0.1, 0.15) is 23.5 Å². The summed E-state index contributed by atoms with van der Waals surface area (Å²) in [4.78, 5) is 39.8. The third kappa shape index (κ3) is 7.30. The minimum absolute atomic E-state index is 0.113. The summed E-state index contributed by atoms with van der Waals surface area (Å²) in [7, 11) is 0.522. The Morgan fingerprint density at radius 1 is 1.05 bits per heavy atom. The Labute approximate surface area is 243 Å². The van der Waals surface area contributed by atoms with Crippen molar-refractivity contribution in [2.24, 2.45) is 11.8 Å². The number of nitriles is 1. The van der Waals surface area contributed by atoms with Crippen LogP contribution >= 0.6 is 0 Å². The lowest BCUT2D eigenvalue weighted by atomic mass is 9.98. The normalized spacial score (nSPS) is 17.3. The number of ether oxygens (including phenoxy) is 1. The number of amides is 3. The molecule has 2 heterocycles. The number of benzene rings is 1. The fourth-order valence-electron chi connectivity index (χ4n) is 4.95. The molecule has 3 rings (SSSR count). The maximum atomic E-state index is 14.3. The third-order valence-electron chi connectivity index (χ3n) is 6.84. The van der Waals surface area contributed by atoms with Crippen LogP contribution in [-0.4, -0.2) is 48.4 Å². The maximum absolute atomic E-state index is 14.3. The molecule has 44 heavy (non-hydrogen) atoms. The van der Waals surface area contributed by atoms with Crippen molar-refractivity contribution in [3.63, 3.8) is 0 Å². The first-order chi connectivity index (χ1) is 20.2. The zero-order valence-electron chi connectivity index (χ0n) is 23.2. The Morgan fingerprint density at radius 2 is 1.66 bits per heavy atom. The van der Waals surface area contributed by atoms with Gasteiger partial charge in [-0.25, -0.2) is 0 Å². The van der Waals surface area contributed by atoms with E-state index in [1.807, 2.05) is 5.32 Å². The largest absolute Gasteiger partial charge is 0.495 e. The smallest absolute Gasteiger partial charge is 0.420 e. The highest BCUT2D eigenvalue weighted by Crippen LogP contribution is 2.50. The van der Waals surface area contributed by atoms with Crippen molar-refractivity contribution in [1.82, 2.24) is 20.9 Å². The molecule has 1 saturated heterocycles. The highest BCUT2D eigenvalue weighted by Gasteiger charge is 2.47. The number of aromatic nitrogens is 1. The molecule has 2 aromatic rings. The number of hydrogen-bond donors (Lipinski definition) is 4. The maximum Gasteiger partial charge on any atom is 0.420 e. The van der Waals surface area contributed by atoms with Gasteiger partial charge in [0.15, 0.2) is 0 Å². The fraction of sp³-hybridized carbons (Fsp3) is 0.538. The van der Waals surface area contributed by atoms with E-state index in [2.05, 4.69) is 15.4 Å². The molecule has 242 valence electrons. The standard InChI is InChI=1S/C26H26F9N5O4/c1-10(2)6-15(22(42)38-12(9-36)7-11-4-5-37-21(11)41)39-23(43)19-17(26(33,34)35)16-18(40-19)13(24(27,28)29)8-14(20(16)44-3)25(30,31)32/h8,10-12,15,40H,4-7H2,1-3H3,(H,37,41)(H,38,42)(H,39,43)/t11-,12-,15-/m0/s1. The quantitative estimate of drug-likeness (QED) is 0.288. The summed E-state index contributed by atoms with van der Waals surface area (Å²) in [5.41, 5.74) is -9.58. The average molecular weight is 644 g/mol. The van der Waals surface area contributed by atoms with Gasteiger partial charge in [-0.3, -0.25) is 14.4 Å². The van der Waals surface area contributed by atoms with Crippen LogP contribution in [0.2, 0.25) is 0 Å². The van der Waals surface area contributed by atoms with Crippen LogP contribution < -0.4 is 20.7 Å². The van der Waals surface area contributed by atoms with Gasteiger partial charge in [-0.2, -0.15) is 44.8 Å². The first-order valence-electron chi connectivity index (χ1n) is 13.0. The topological polar surface area (TPSA) is 136 Å². The van der Waals surface area contributed by atoms with Crippen LogP contribution in [0.1, 0.15) is 60.3 Å². The molecule has 3 atom stereocenters. The number of carbonyl (C=O) groups excluding carboxylic acids is 3. The van der Waals surface area contributed by atoms with E-state index >= 15 is 0 Å². The Bertz CT molecular complexity index is 1470. The van der Waals surface area contributed by atoms with Crippen molar-refractivity contribution in [1.29, 1.82) is 5.26 Å². The molecule has 0 saturated carbocycles. The fourth-order valence-corrected chi connectivity index (χ4v) is 4.95. The van der Waals surface area contributed by atoms with E-state index in [1.165, 1.54) is 0 Å². The van der Waals surface area contributed by atoms with Crippen LogP contribution in [0, 0.1) is 23.2 Å². The monoisotopic (exact) mass is 643 g/mol. The number of H-pyrrole nitrogens is 1. The minimum Gasteiger partial charge on any atom is -0.495 e. The Kier molecular flexibility index (Phi) is 9.71. The van der Waals surface area contributed by atoms with E-state index in [9.17, 15) is 59.2 Å². The van der Waals surface area contributed by atoms with Crippen molar-refractivity contribution in [3.05, 3.63) is 28.5 Å². The molecule has 0 radical (unpaired) electrons. The first kappa shape index (κ1) is 34.3. The third-order valence-corrected chi connectivity index (χ3v) is 6.84. The molecule has 0 unspecified atom stereocenters. The van der Waals surface area contributed by atoms with Crippen LogP contribution in [-0.2, 0) is 28.1 Å². The molecule has 9 nitrogen and oxygen atoms in total. The lowest BCUT2D eigenvalue weighted by Gasteiger charge is -2.23. The number of halogens is 9. The SMILES string of the molecule is COc1c(C(F)(F)F)cc(C(F)(F)F)c2[nH]c(C(=O)N[C@@H](CC(C)C)C(=O)N[C@H](C#N)C[C@@H]3CCNC3=O)c(C(F)(F)F)c12. The van der Waals surface area contributed by atoms with Crippen molar-refractivity contribution >= 4 is 28.6 Å². The summed E-state index contributed by atoms with van der Waals surface area (Å²) in [5, 5.41) is 14.6. The van der Waals surface area contributed by atoms with Gasteiger partial charge >= 0.3 is 18.5 Å². The Balaban J connectivity index is 2.12. The molecule has 1 fully saturated rings. The summed E-state index contributed by atoms with van der Waals surface area (Å²) in [6.07, 6.45) is -16.8. The van der Waals surface area contributed by atoms with E-state index in [0.717, 1.165) is 0 Å². The molecular formula is C26H26F9N5O4. The minimum atomic E-state index is -5.69. The van der Waals surface area contributed by atoms with E-state index < -0.39 is 99.4 Å². The van der Waals surface area contributed by atoms with Crippen molar-refractivity contribution in [2.75, 3.05) is 13.7 Å². The zero-order chi connectivity index (χ0) is 33.4. The number of hydrogen-bond acceptors (Lipinski definition) is 5. The van der Waals surface area contributed by atoms with Crippen molar-refractivity contribution < 1.29 is 58.6 Å². The van der Waals surface area contributed by atoms with Crippen LogP contribution in [0.5, 0.6) is 5.75 Å². The van der Waals surface area contributed by atoms with Gasteiger partial charge in [0.2, 0.25) is 11.8 Å². The van der Waals surface area contributed by atoms with Gasteiger partial charge in [0, 0.05) is 12.5 Å². The van der Waals surface area contributed by atoms with Crippen LogP contribution in [0.15, 0.2) is 6.07 Å².